The van der Waals surface area contributed by atoms with Gasteiger partial charge in [0.25, 0.3) is 0 Å². The maximum atomic E-state index is 11.0. The summed E-state index contributed by atoms with van der Waals surface area (Å²) in [4.78, 5) is 13.1. The average molecular weight is 220 g/mol. The number of rotatable bonds is 2. The standard InChI is InChI=1S/C12H16N2O2/c13-10-1-2-12(9(7-10)8-15)14-5-3-11(16)4-6-14/h1-2,7-8,11,16H,3-6,13H2. The monoisotopic (exact) mass is 220 g/mol. The summed E-state index contributed by atoms with van der Waals surface area (Å²) in [6.07, 6.45) is 2.13. The summed E-state index contributed by atoms with van der Waals surface area (Å²) in [5.41, 5.74) is 7.77. The van der Waals surface area contributed by atoms with Gasteiger partial charge in [0.2, 0.25) is 0 Å². The van der Waals surface area contributed by atoms with Gasteiger partial charge in [-0.15, -0.1) is 0 Å². The Balaban J connectivity index is 2.23. The fraction of sp³-hybridized carbons (Fsp3) is 0.417. The topological polar surface area (TPSA) is 66.6 Å². The van der Waals surface area contributed by atoms with Gasteiger partial charge in [-0.05, 0) is 31.0 Å². The molecule has 1 aliphatic rings. The van der Waals surface area contributed by atoms with Crippen molar-refractivity contribution in [1.29, 1.82) is 0 Å². The van der Waals surface area contributed by atoms with Crippen LogP contribution in [0.4, 0.5) is 11.4 Å². The molecule has 0 radical (unpaired) electrons. The summed E-state index contributed by atoms with van der Waals surface area (Å²) >= 11 is 0. The molecule has 1 aliphatic heterocycles. The smallest absolute Gasteiger partial charge is 0.152 e. The number of nitrogen functional groups attached to an aromatic ring is 1. The van der Waals surface area contributed by atoms with E-state index in [1.165, 1.54) is 0 Å². The van der Waals surface area contributed by atoms with E-state index in [-0.39, 0.29) is 6.10 Å². The van der Waals surface area contributed by atoms with Crippen molar-refractivity contribution >= 4 is 17.7 Å². The second kappa shape index (κ2) is 4.53. The molecule has 0 amide bonds. The zero-order chi connectivity index (χ0) is 11.5. The third-order valence-corrected chi connectivity index (χ3v) is 2.98. The van der Waals surface area contributed by atoms with E-state index in [2.05, 4.69) is 4.90 Å². The molecule has 4 heteroatoms. The Bertz CT molecular complexity index is 385. The SMILES string of the molecule is Nc1ccc(N2CCC(O)CC2)c(C=O)c1. The van der Waals surface area contributed by atoms with Crippen LogP contribution in [0.2, 0.25) is 0 Å². The van der Waals surface area contributed by atoms with Gasteiger partial charge in [0.15, 0.2) is 6.29 Å². The molecule has 1 aromatic carbocycles. The van der Waals surface area contributed by atoms with E-state index in [4.69, 9.17) is 5.73 Å². The number of benzene rings is 1. The first-order valence-corrected chi connectivity index (χ1v) is 5.48. The molecule has 0 aromatic heterocycles. The first kappa shape index (κ1) is 11.0. The highest BCUT2D eigenvalue weighted by Crippen LogP contribution is 2.24. The van der Waals surface area contributed by atoms with Crippen LogP contribution in [0, 0.1) is 0 Å². The summed E-state index contributed by atoms with van der Waals surface area (Å²) in [5, 5.41) is 9.43. The molecule has 2 rings (SSSR count). The van der Waals surface area contributed by atoms with Gasteiger partial charge in [-0.25, -0.2) is 0 Å². The molecule has 1 heterocycles. The molecule has 0 spiro atoms. The summed E-state index contributed by atoms with van der Waals surface area (Å²) in [6, 6.07) is 5.36. The van der Waals surface area contributed by atoms with E-state index in [0.717, 1.165) is 37.9 Å². The van der Waals surface area contributed by atoms with Crippen LogP contribution < -0.4 is 10.6 Å². The lowest BCUT2D eigenvalue weighted by Gasteiger charge is -2.32. The van der Waals surface area contributed by atoms with Crippen molar-refractivity contribution in [3.63, 3.8) is 0 Å². The van der Waals surface area contributed by atoms with Crippen molar-refractivity contribution in [1.82, 2.24) is 0 Å². The summed E-state index contributed by atoms with van der Waals surface area (Å²) in [6.45, 7) is 1.57. The van der Waals surface area contributed by atoms with Gasteiger partial charge in [-0.2, -0.15) is 0 Å². The molecular formula is C12H16N2O2. The van der Waals surface area contributed by atoms with Crippen molar-refractivity contribution in [2.24, 2.45) is 0 Å². The average Bonchev–Trinajstić information content (AvgIpc) is 2.30. The lowest BCUT2D eigenvalue weighted by molar-refractivity contribution is 0.112. The second-order valence-electron chi connectivity index (χ2n) is 4.15. The predicted molar refractivity (Wildman–Crippen MR) is 63.7 cm³/mol. The van der Waals surface area contributed by atoms with E-state index in [9.17, 15) is 9.90 Å². The van der Waals surface area contributed by atoms with Crippen molar-refractivity contribution in [2.75, 3.05) is 23.7 Å². The number of hydrogen-bond acceptors (Lipinski definition) is 4. The molecule has 4 nitrogen and oxygen atoms in total. The van der Waals surface area contributed by atoms with Gasteiger partial charge in [-0.1, -0.05) is 0 Å². The Hall–Kier alpha value is -1.55. The fourth-order valence-electron chi connectivity index (χ4n) is 2.06. The van der Waals surface area contributed by atoms with Crippen molar-refractivity contribution in [3.8, 4) is 0 Å². The molecule has 1 fully saturated rings. The van der Waals surface area contributed by atoms with E-state index >= 15 is 0 Å². The Kier molecular flexibility index (Phi) is 3.10. The third-order valence-electron chi connectivity index (χ3n) is 2.98. The number of aldehydes is 1. The summed E-state index contributed by atoms with van der Waals surface area (Å²) in [7, 11) is 0. The maximum absolute atomic E-state index is 11.0. The van der Waals surface area contributed by atoms with Gasteiger partial charge >= 0.3 is 0 Å². The zero-order valence-electron chi connectivity index (χ0n) is 9.10. The highest BCUT2D eigenvalue weighted by atomic mass is 16.3. The first-order valence-electron chi connectivity index (χ1n) is 5.48. The van der Waals surface area contributed by atoms with E-state index < -0.39 is 0 Å². The number of hydrogen-bond donors (Lipinski definition) is 2. The molecular weight excluding hydrogens is 204 g/mol. The predicted octanol–water partition coefficient (Wildman–Crippen LogP) is 1.04. The normalized spacial score (nSPS) is 17.4. The van der Waals surface area contributed by atoms with Crippen LogP contribution in [0.25, 0.3) is 0 Å². The quantitative estimate of drug-likeness (QED) is 0.577. The number of aliphatic hydroxyl groups excluding tert-OH is 1. The van der Waals surface area contributed by atoms with Crippen LogP contribution in [0.15, 0.2) is 18.2 Å². The van der Waals surface area contributed by atoms with Crippen LogP contribution >= 0.6 is 0 Å². The van der Waals surface area contributed by atoms with E-state index in [0.29, 0.717) is 11.3 Å². The number of carbonyl (C=O) groups excluding carboxylic acids is 1. The molecule has 3 N–H and O–H groups in total. The highest BCUT2D eigenvalue weighted by Gasteiger charge is 2.19. The van der Waals surface area contributed by atoms with Gasteiger partial charge in [0.05, 0.1) is 6.10 Å². The number of nitrogens with two attached hydrogens (primary N) is 1. The zero-order valence-corrected chi connectivity index (χ0v) is 9.10. The first-order chi connectivity index (χ1) is 7.70. The van der Waals surface area contributed by atoms with Gasteiger partial charge in [0, 0.05) is 30.0 Å². The molecule has 16 heavy (non-hydrogen) atoms. The lowest BCUT2D eigenvalue weighted by Crippen LogP contribution is -2.36. The minimum atomic E-state index is -0.204. The second-order valence-corrected chi connectivity index (χ2v) is 4.15. The third kappa shape index (κ3) is 2.17. The number of anilines is 2. The fourth-order valence-corrected chi connectivity index (χ4v) is 2.06. The maximum Gasteiger partial charge on any atom is 0.152 e. The largest absolute Gasteiger partial charge is 0.399 e. The molecule has 1 saturated heterocycles. The molecule has 0 saturated carbocycles. The number of nitrogens with zero attached hydrogens (tertiary/aromatic N) is 1. The molecule has 0 unspecified atom stereocenters. The molecule has 0 aliphatic carbocycles. The van der Waals surface area contributed by atoms with Crippen molar-refractivity contribution in [3.05, 3.63) is 23.8 Å². The Morgan fingerprint density at radius 2 is 2.06 bits per heavy atom. The van der Waals surface area contributed by atoms with Crippen LogP contribution in [-0.4, -0.2) is 30.6 Å². The Morgan fingerprint density at radius 3 is 2.69 bits per heavy atom. The highest BCUT2D eigenvalue weighted by molar-refractivity contribution is 5.86. The molecule has 86 valence electrons. The van der Waals surface area contributed by atoms with Crippen LogP contribution in [0.3, 0.4) is 0 Å². The van der Waals surface area contributed by atoms with Gasteiger partial charge < -0.3 is 15.7 Å². The molecule has 0 bridgehead atoms. The minimum Gasteiger partial charge on any atom is -0.399 e. The lowest BCUT2D eigenvalue weighted by atomic mass is 10.1. The van der Waals surface area contributed by atoms with Gasteiger partial charge in [-0.3, -0.25) is 4.79 Å². The Labute approximate surface area is 94.7 Å². The number of carbonyl (C=O) groups is 1. The van der Waals surface area contributed by atoms with Crippen LogP contribution in [-0.2, 0) is 0 Å². The van der Waals surface area contributed by atoms with Crippen molar-refractivity contribution in [2.45, 2.75) is 18.9 Å². The minimum absolute atomic E-state index is 0.204. The van der Waals surface area contributed by atoms with Crippen LogP contribution in [0.5, 0.6) is 0 Å². The number of aliphatic hydroxyl groups is 1. The van der Waals surface area contributed by atoms with E-state index in [1.54, 1.807) is 12.1 Å². The van der Waals surface area contributed by atoms with Gasteiger partial charge in [0.1, 0.15) is 0 Å². The summed E-state index contributed by atoms with van der Waals surface area (Å²) in [5.74, 6) is 0. The van der Waals surface area contributed by atoms with Crippen molar-refractivity contribution < 1.29 is 9.90 Å². The van der Waals surface area contributed by atoms with E-state index in [1.807, 2.05) is 6.07 Å². The molecule has 0 atom stereocenters. The van der Waals surface area contributed by atoms with Crippen LogP contribution in [0.1, 0.15) is 23.2 Å². The summed E-state index contributed by atoms with van der Waals surface area (Å²) < 4.78 is 0. The Morgan fingerprint density at radius 1 is 1.38 bits per heavy atom. The number of piperidine rings is 1. The molecule has 1 aromatic rings.